The number of methoxy groups -OCH3 is 1. The van der Waals surface area contributed by atoms with Gasteiger partial charge in [-0.15, -0.1) is 0 Å². The quantitative estimate of drug-likeness (QED) is 0.521. The maximum atomic E-state index is 12.6. The molecule has 1 aromatic carbocycles. The third-order valence-electron chi connectivity index (χ3n) is 7.64. The van der Waals surface area contributed by atoms with E-state index in [2.05, 4.69) is 46.0 Å². The highest BCUT2D eigenvalue weighted by molar-refractivity contribution is 5.90. The highest BCUT2D eigenvalue weighted by Crippen LogP contribution is 2.37. The molecule has 8 nitrogen and oxygen atoms in total. The zero-order chi connectivity index (χ0) is 24.3. The summed E-state index contributed by atoms with van der Waals surface area (Å²) in [7, 11) is 1.59. The maximum absolute atomic E-state index is 12.6. The van der Waals surface area contributed by atoms with Crippen LogP contribution in [-0.2, 0) is 4.74 Å². The van der Waals surface area contributed by atoms with E-state index in [9.17, 15) is 4.79 Å². The molecule has 0 N–H and O–H groups in total. The number of benzene rings is 1. The number of ether oxygens (including phenoxy) is 3. The van der Waals surface area contributed by atoms with E-state index >= 15 is 0 Å². The smallest absolute Gasteiger partial charge is 0.415 e. The first kappa shape index (κ1) is 23.7. The number of likely N-dealkylation sites (tertiary alicyclic amines) is 1. The number of hydrogen-bond acceptors (Lipinski definition) is 7. The Morgan fingerprint density at radius 3 is 2.60 bits per heavy atom. The normalized spacial score (nSPS) is 22.0. The predicted molar refractivity (Wildman–Crippen MR) is 136 cm³/mol. The van der Waals surface area contributed by atoms with Crippen molar-refractivity contribution in [3.8, 4) is 11.5 Å². The van der Waals surface area contributed by atoms with Crippen LogP contribution in [0.2, 0.25) is 0 Å². The van der Waals surface area contributed by atoms with Gasteiger partial charge in [-0.1, -0.05) is 0 Å². The fraction of sp³-hybridized carbons (Fsp3) is 0.556. The molecule has 0 saturated carbocycles. The second-order valence-corrected chi connectivity index (χ2v) is 9.93. The third kappa shape index (κ3) is 5.32. The second kappa shape index (κ2) is 10.3. The van der Waals surface area contributed by atoms with Gasteiger partial charge in [-0.25, -0.2) is 4.79 Å². The van der Waals surface area contributed by atoms with Gasteiger partial charge in [0.1, 0.15) is 17.1 Å². The van der Waals surface area contributed by atoms with Crippen LogP contribution in [0.5, 0.6) is 11.5 Å². The van der Waals surface area contributed by atoms with Gasteiger partial charge in [0.2, 0.25) is 0 Å². The average molecular weight is 481 g/mol. The van der Waals surface area contributed by atoms with Gasteiger partial charge in [-0.2, -0.15) is 0 Å². The van der Waals surface area contributed by atoms with Crippen molar-refractivity contribution < 1.29 is 19.0 Å². The minimum Gasteiger partial charge on any atom is -0.495 e. The summed E-state index contributed by atoms with van der Waals surface area (Å²) in [5, 5.41) is 0. The summed E-state index contributed by atoms with van der Waals surface area (Å²) in [4.78, 5) is 23.4. The van der Waals surface area contributed by atoms with Crippen LogP contribution in [0.15, 0.2) is 42.7 Å². The van der Waals surface area contributed by atoms with Crippen molar-refractivity contribution in [1.82, 2.24) is 9.88 Å². The first-order valence-electron chi connectivity index (χ1n) is 12.8. The van der Waals surface area contributed by atoms with Gasteiger partial charge < -0.3 is 24.0 Å². The van der Waals surface area contributed by atoms with E-state index in [1.807, 2.05) is 6.07 Å². The van der Waals surface area contributed by atoms with E-state index in [4.69, 9.17) is 14.2 Å². The molecule has 3 aliphatic rings. The lowest BCUT2D eigenvalue weighted by molar-refractivity contribution is 0.0367. The van der Waals surface area contributed by atoms with Crippen LogP contribution in [0.3, 0.4) is 0 Å². The Morgan fingerprint density at radius 2 is 1.89 bits per heavy atom. The SMILES string of the molecule is COc1cncc(N2CC3(CCN(c4ccc(OCCCN5CCC[C@H]5C)cc4)CC3)OC2=O)c1. The first-order chi connectivity index (χ1) is 17.0. The third-order valence-corrected chi connectivity index (χ3v) is 7.64. The van der Waals surface area contributed by atoms with Crippen molar-refractivity contribution >= 4 is 17.5 Å². The molecular weight excluding hydrogens is 444 g/mol. The maximum Gasteiger partial charge on any atom is 0.415 e. The van der Waals surface area contributed by atoms with Crippen LogP contribution >= 0.6 is 0 Å². The molecule has 3 saturated heterocycles. The van der Waals surface area contributed by atoms with Crippen LogP contribution < -0.4 is 19.3 Å². The monoisotopic (exact) mass is 480 g/mol. The Balaban J connectivity index is 1.10. The molecule has 1 amide bonds. The predicted octanol–water partition coefficient (Wildman–Crippen LogP) is 4.34. The molecule has 1 spiro atoms. The van der Waals surface area contributed by atoms with Gasteiger partial charge in [-0.05, 0) is 57.0 Å². The molecule has 0 aliphatic carbocycles. The molecular formula is C27H36N4O4. The number of nitrogens with zero attached hydrogens (tertiary/aromatic N) is 4. The van der Waals surface area contributed by atoms with Crippen LogP contribution in [0, 0.1) is 0 Å². The summed E-state index contributed by atoms with van der Waals surface area (Å²) < 4.78 is 17.1. The topological polar surface area (TPSA) is 67.4 Å². The van der Waals surface area contributed by atoms with Gasteiger partial charge >= 0.3 is 6.09 Å². The lowest BCUT2D eigenvalue weighted by Crippen LogP contribution is -2.47. The highest BCUT2D eigenvalue weighted by atomic mass is 16.6. The molecule has 3 aliphatic heterocycles. The molecule has 35 heavy (non-hydrogen) atoms. The van der Waals surface area contributed by atoms with E-state index in [-0.39, 0.29) is 6.09 Å². The number of carbonyl (C=O) groups excluding carboxylic acids is 1. The van der Waals surface area contributed by atoms with Crippen LogP contribution in [0.4, 0.5) is 16.2 Å². The van der Waals surface area contributed by atoms with Crippen molar-refractivity contribution in [2.75, 3.05) is 56.2 Å². The average Bonchev–Trinajstić information content (AvgIpc) is 3.45. The lowest BCUT2D eigenvalue weighted by Gasteiger charge is -2.38. The summed E-state index contributed by atoms with van der Waals surface area (Å²) in [6.07, 6.45) is 8.27. The van der Waals surface area contributed by atoms with E-state index < -0.39 is 5.60 Å². The van der Waals surface area contributed by atoms with Crippen LogP contribution in [-0.4, -0.2) is 74.1 Å². The molecule has 1 aromatic heterocycles. The molecule has 8 heteroatoms. The van der Waals surface area contributed by atoms with Crippen molar-refractivity contribution in [2.45, 2.75) is 50.7 Å². The number of anilines is 2. The molecule has 2 aromatic rings. The summed E-state index contributed by atoms with van der Waals surface area (Å²) in [6.45, 7) is 7.63. The van der Waals surface area contributed by atoms with Crippen molar-refractivity contribution in [3.63, 3.8) is 0 Å². The van der Waals surface area contributed by atoms with Gasteiger partial charge in [0.25, 0.3) is 0 Å². The molecule has 5 rings (SSSR count). The molecule has 0 radical (unpaired) electrons. The molecule has 4 heterocycles. The number of rotatable bonds is 8. The molecule has 1 atom stereocenters. The molecule has 188 valence electrons. The number of hydrogen-bond donors (Lipinski definition) is 0. The Labute approximate surface area is 207 Å². The minimum atomic E-state index is -0.452. The minimum absolute atomic E-state index is 0.311. The van der Waals surface area contributed by atoms with Crippen LogP contribution in [0.25, 0.3) is 0 Å². The number of aromatic nitrogens is 1. The fourth-order valence-corrected chi connectivity index (χ4v) is 5.46. The summed E-state index contributed by atoms with van der Waals surface area (Å²) >= 11 is 0. The van der Waals surface area contributed by atoms with Gasteiger partial charge in [0.05, 0.1) is 38.3 Å². The Kier molecular flexibility index (Phi) is 7.00. The fourth-order valence-electron chi connectivity index (χ4n) is 5.46. The Bertz CT molecular complexity index is 1010. The molecule has 3 fully saturated rings. The van der Waals surface area contributed by atoms with E-state index in [0.717, 1.165) is 51.3 Å². The van der Waals surface area contributed by atoms with Gasteiger partial charge in [-0.3, -0.25) is 9.88 Å². The molecule has 0 unspecified atom stereocenters. The van der Waals surface area contributed by atoms with E-state index in [0.29, 0.717) is 24.0 Å². The number of piperidine rings is 1. The van der Waals surface area contributed by atoms with Gasteiger partial charge in [0, 0.05) is 50.3 Å². The van der Waals surface area contributed by atoms with E-state index in [1.165, 1.54) is 25.1 Å². The number of carbonyl (C=O) groups is 1. The van der Waals surface area contributed by atoms with Crippen LogP contribution in [0.1, 0.15) is 39.0 Å². The van der Waals surface area contributed by atoms with Crippen molar-refractivity contribution in [3.05, 3.63) is 42.7 Å². The number of pyridine rings is 1. The zero-order valence-corrected chi connectivity index (χ0v) is 20.8. The van der Waals surface area contributed by atoms with Gasteiger partial charge in [0.15, 0.2) is 0 Å². The summed E-state index contributed by atoms with van der Waals surface area (Å²) in [6, 6.07) is 10.9. The summed E-state index contributed by atoms with van der Waals surface area (Å²) in [5.41, 5.74) is 1.43. The first-order valence-corrected chi connectivity index (χ1v) is 12.8. The summed E-state index contributed by atoms with van der Waals surface area (Å²) in [5.74, 6) is 1.55. The van der Waals surface area contributed by atoms with Crippen molar-refractivity contribution in [2.24, 2.45) is 0 Å². The van der Waals surface area contributed by atoms with Crippen molar-refractivity contribution in [1.29, 1.82) is 0 Å². The standard InChI is InChI=1S/C27H36N4O4/c1-21-5-3-12-29(21)13-4-16-34-24-8-6-22(7-9-24)30-14-10-27(11-15-30)20-31(26(32)35-27)23-17-25(33-2)19-28-18-23/h6-9,17-19,21H,3-5,10-16,20H2,1-2H3/t21-/m1/s1. The number of amides is 1. The lowest BCUT2D eigenvalue weighted by atomic mass is 9.91. The zero-order valence-electron chi connectivity index (χ0n) is 20.8. The highest BCUT2D eigenvalue weighted by Gasteiger charge is 2.47. The molecule has 0 bridgehead atoms. The largest absolute Gasteiger partial charge is 0.495 e. The second-order valence-electron chi connectivity index (χ2n) is 9.93. The van der Waals surface area contributed by atoms with E-state index in [1.54, 1.807) is 24.4 Å². The Morgan fingerprint density at radius 1 is 1.09 bits per heavy atom. The Hall–Kier alpha value is -3.00.